The fraction of sp³-hybridized carbons (Fsp3) is 0. The lowest BCUT2D eigenvalue weighted by atomic mass is 9.85. The zero-order chi connectivity index (χ0) is 30.2. The molecule has 0 spiro atoms. The lowest BCUT2D eigenvalue weighted by molar-refractivity contribution is 0.616. The van der Waals surface area contributed by atoms with E-state index in [4.69, 9.17) is 8.83 Å². The molecule has 2 heterocycles. The van der Waals surface area contributed by atoms with Gasteiger partial charge in [0.25, 0.3) is 0 Å². The lowest BCUT2D eigenvalue weighted by Gasteiger charge is -2.17. The first-order chi connectivity index (χ1) is 22.8. The van der Waals surface area contributed by atoms with Crippen molar-refractivity contribution in [2.75, 3.05) is 0 Å². The van der Waals surface area contributed by atoms with Gasteiger partial charge in [-0.3, -0.25) is 0 Å². The molecule has 0 saturated carbocycles. The Labute approximate surface area is 264 Å². The lowest BCUT2D eigenvalue weighted by Crippen LogP contribution is -1.90. The quantitative estimate of drug-likeness (QED) is 0.193. The molecule has 0 amide bonds. The molecule has 2 nitrogen and oxygen atoms in total. The van der Waals surface area contributed by atoms with Gasteiger partial charge in [0.05, 0.1) is 6.26 Å². The molecular formula is C44H26O2. The van der Waals surface area contributed by atoms with Crippen LogP contribution in [0.4, 0.5) is 0 Å². The number of furan rings is 2. The van der Waals surface area contributed by atoms with Crippen molar-refractivity contribution in [1.29, 1.82) is 0 Å². The SMILES string of the molecule is c1ccc(-c2cc3c4ccc(-c5c6ccccc6c(-c6ccc7ccoc7c6)c6ccccc56)cc4oc3c3ccccc23)cc1. The predicted molar refractivity (Wildman–Crippen MR) is 192 cm³/mol. The van der Waals surface area contributed by atoms with Gasteiger partial charge in [0.1, 0.15) is 16.7 Å². The Morgan fingerprint density at radius 3 is 1.59 bits per heavy atom. The molecule has 0 bridgehead atoms. The second kappa shape index (κ2) is 9.69. The molecule has 0 radical (unpaired) electrons. The van der Waals surface area contributed by atoms with Crippen molar-refractivity contribution in [3.05, 3.63) is 158 Å². The molecule has 2 heteroatoms. The summed E-state index contributed by atoms with van der Waals surface area (Å²) in [6, 6.07) is 54.3. The van der Waals surface area contributed by atoms with Crippen LogP contribution >= 0.6 is 0 Å². The van der Waals surface area contributed by atoms with Crippen molar-refractivity contribution in [2.24, 2.45) is 0 Å². The van der Waals surface area contributed by atoms with Crippen LogP contribution in [-0.2, 0) is 0 Å². The topological polar surface area (TPSA) is 26.3 Å². The van der Waals surface area contributed by atoms with Crippen molar-refractivity contribution >= 4 is 65.2 Å². The van der Waals surface area contributed by atoms with Gasteiger partial charge >= 0.3 is 0 Å². The van der Waals surface area contributed by atoms with Crippen molar-refractivity contribution in [1.82, 2.24) is 0 Å². The van der Waals surface area contributed by atoms with Gasteiger partial charge in [-0.25, -0.2) is 0 Å². The van der Waals surface area contributed by atoms with E-state index in [1.165, 1.54) is 49.2 Å². The smallest absolute Gasteiger partial charge is 0.143 e. The van der Waals surface area contributed by atoms with Crippen LogP contribution in [0.25, 0.3) is 98.6 Å². The average molecular weight is 587 g/mol. The molecule has 0 atom stereocenters. The Kier molecular flexibility index (Phi) is 5.31. The molecule has 214 valence electrons. The van der Waals surface area contributed by atoms with E-state index < -0.39 is 0 Å². The van der Waals surface area contributed by atoms with E-state index in [9.17, 15) is 0 Å². The summed E-state index contributed by atoms with van der Waals surface area (Å²) < 4.78 is 12.6. The summed E-state index contributed by atoms with van der Waals surface area (Å²) in [5.74, 6) is 0. The van der Waals surface area contributed by atoms with Crippen molar-refractivity contribution < 1.29 is 8.83 Å². The fourth-order valence-electron chi connectivity index (χ4n) is 7.47. The number of fused-ring (bicyclic) bond motifs is 8. The normalized spacial score (nSPS) is 11.9. The van der Waals surface area contributed by atoms with E-state index in [0.29, 0.717) is 0 Å². The maximum absolute atomic E-state index is 6.76. The molecule has 0 unspecified atom stereocenters. The van der Waals surface area contributed by atoms with Gasteiger partial charge in [0, 0.05) is 21.5 Å². The standard InChI is InChI=1S/C44H26O2/c1-2-10-27(11-3-1)38-26-39-32-21-20-30(25-41(32)46-44(39)37-17-9-4-12-31(37)38)43-35-15-7-5-13-33(35)42(34-14-6-8-16-36(34)43)29-19-18-28-22-23-45-40(28)24-29/h1-26H. The van der Waals surface area contributed by atoms with Crippen LogP contribution in [0.5, 0.6) is 0 Å². The number of hydrogen-bond donors (Lipinski definition) is 0. The molecular weight excluding hydrogens is 560 g/mol. The van der Waals surface area contributed by atoms with E-state index in [1.807, 2.05) is 6.07 Å². The van der Waals surface area contributed by atoms with Crippen LogP contribution in [0.15, 0.2) is 167 Å². The summed E-state index contributed by atoms with van der Waals surface area (Å²) in [6.07, 6.45) is 1.76. The minimum Gasteiger partial charge on any atom is -0.464 e. The second-order valence-corrected chi connectivity index (χ2v) is 12.0. The number of rotatable bonds is 3. The van der Waals surface area contributed by atoms with E-state index in [0.717, 1.165) is 49.4 Å². The maximum atomic E-state index is 6.76. The highest BCUT2D eigenvalue weighted by molar-refractivity contribution is 6.23. The van der Waals surface area contributed by atoms with E-state index in [-0.39, 0.29) is 0 Å². The largest absolute Gasteiger partial charge is 0.464 e. The second-order valence-electron chi connectivity index (χ2n) is 12.0. The van der Waals surface area contributed by atoms with Crippen LogP contribution in [0.2, 0.25) is 0 Å². The Morgan fingerprint density at radius 1 is 0.348 bits per heavy atom. The summed E-state index contributed by atoms with van der Waals surface area (Å²) in [4.78, 5) is 0. The van der Waals surface area contributed by atoms with Crippen LogP contribution in [0, 0.1) is 0 Å². The first kappa shape index (κ1) is 25.2. The van der Waals surface area contributed by atoms with Crippen molar-refractivity contribution in [2.45, 2.75) is 0 Å². The van der Waals surface area contributed by atoms with Gasteiger partial charge in [0.2, 0.25) is 0 Å². The fourth-order valence-corrected chi connectivity index (χ4v) is 7.47. The summed E-state index contributed by atoms with van der Waals surface area (Å²) >= 11 is 0. The first-order valence-electron chi connectivity index (χ1n) is 15.7. The van der Waals surface area contributed by atoms with Gasteiger partial charge in [-0.2, -0.15) is 0 Å². The highest BCUT2D eigenvalue weighted by atomic mass is 16.3. The molecule has 0 aliphatic carbocycles. The zero-order valence-electron chi connectivity index (χ0n) is 24.8. The maximum Gasteiger partial charge on any atom is 0.143 e. The Hall–Kier alpha value is -6.12. The molecule has 8 aromatic carbocycles. The van der Waals surface area contributed by atoms with Gasteiger partial charge in [-0.15, -0.1) is 0 Å². The molecule has 0 N–H and O–H groups in total. The van der Waals surface area contributed by atoms with Gasteiger partial charge in [-0.05, 0) is 90.6 Å². The minimum atomic E-state index is 0.892. The molecule has 2 aromatic heterocycles. The average Bonchev–Trinajstić information content (AvgIpc) is 3.74. The third-order valence-electron chi connectivity index (χ3n) is 9.53. The third kappa shape index (κ3) is 3.65. The molecule has 10 rings (SSSR count). The Bertz CT molecular complexity index is 2740. The van der Waals surface area contributed by atoms with Gasteiger partial charge in [0.15, 0.2) is 0 Å². The summed E-state index contributed by atoms with van der Waals surface area (Å²) in [6.45, 7) is 0. The number of benzene rings is 8. The van der Waals surface area contributed by atoms with Gasteiger partial charge < -0.3 is 8.83 Å². The van der Waals surface area contributed by atoms with Crippen LogP contribution in [-0.4, -0.2) is 0 Å². The predicted octanol–water partition coefficient (Wildman–Crippen LogP) is 12.8. The van der Waals surface area contributed by atoms with E-state index in [1.54, 1.807) is 6.26 Å². The highest BCUT2D eigenvalue weighted by Gasteiger charge is 2.19. The molecule has 0 aliphatic heterocycles. The summed E-state index contributed by atoms with van der Waals surface area (Å²) in [5, 5.41) is 10.5. The van der Waals surface area contributed by atoms with Crippen LogP contribution in [0.3, 0.4) is 0 Å². The van der Waals surface area contributed by atoms with Crippen LogP contribution in [0.1, 0.15) is 0 Å². The Balaban J connectivity index is 1.25. The van der Waals surface area contributed by atoms with Crippen molar-refractivity contribution in [3.63, 3.8) is 0 Å². The summed E-state index contributed by atoms with van der Waals surface area (Å²) in [5.41, 5.74) is 9.86. The van der Waals surface area contributed by atoms with Crippen LogP contribution < -0.4 is 0 Å². The van der Waals surface area contributed by atoms with Gasteiger partial charge in [-0.1, -0.05) is 121 Å². The molecule has 0 fully saturated rings. The van der Waals surface area contributed by atoms with E-state index >= 15 is 0 Å². The monoisotopic (exact) mass is 586 g/mol. The Morgan fingerprint density at radius 2 is 0.913 bits per heavy atom. The molecule has 46 heavy (non-hydrogen) atoms. The molecule has 0 aliphatic rings. The first-order valence-corrected chi connectivity index (χ1v) is 15.7. The minimum absolute atomic E-state index is 0.892. The van der Waals surface area contributed by atoms with E-state index in [2.05, 4.69) is 146 Å². The highest BCUT2D eigenvalue weighted by Crippen LogP contribution is 2.46. The third-order valence-corrected chi connectivity index (χ3v) is 9.53. The zero-order valence-corrected chi connectivity index (χ0v) is 24.8. The number of hydrogen-bond acceptors (Lipinski definition) is 2. The molecule has 10 aromatic rings. The van der Waals surface area contributed by atoms with Crippen molar-refractivity contribution in [3.8, 4) is 33.4 Å². The molecule has 0 saturated heterocycles. The summed E-state index contributed by atoms with van der Waals surface area (Å²) in [7, 11) is 0.